The highest BCUT2D eigenvalue weighted by Gasteiger charge is 2.39. The lowest BCUT2D eigenvalue weighted by molar-refractivity contribution is -0.173. The number of hydrogen-bond acceptors (Lipinski definition) is 7. The molecule has 5 N–H and O–H groups in total. The minimum Gasteiger partial charge on any atom is -0.437 e. The fourth-order valence-electron chi connectivity index (χ4n) is 4.16. The molecule has 4 aromatic rings. The van der Waals surface area contributed by atoms with Crippen molar-refractivity contribution in [1.82, 2.24) is 40.7 Å². The molecule has 2 aromatic carbocycles. The van der Waals surface area contributed by atoms with E-state index in [1.54, 1.807) is 36.4 Å². The van der Waals surface area contributed by atoms with Gasteiger partial charge in [0, 0.05) is 39.3 Å². The lowest BCUT2D eigenvalue weighted by Crippen LogP contribution is -2.36. The molecule has 2 heterocycles. The molecular formula is C29H28BF9N8O4. The van der Waals surface area contributed by atoms with Gasteiger partial charge in [-0.3, -0.25) is 14.4 Å². The summed E-state index contributed by atoms with van der Waals surface area (Å²) in [6.07, 6.45) is -14.5. The van der Waals surface area contributed by atoms with Crippen molar-refractivity contribution in [3.63, 3.8) is 0 Å². The maximum Gasteiger partial charge on any atom is 0.471 e. The first-order valence-corrected chi connectivity index (χ1v) is 14.4. The predicted molar refractivity (Wildman–Crippen MR) is 162 cm³/mol. The topological polar surface area (TPSA) is 155 Å². The Morgan fingerprint density at radius 1 is 0.706 bits per heavy atom. The lowest BCUT2D eigenvalue weighted by atomic mass is 9.88. The monoisotopic (exact) mass is 734 g/mol. The number of carbonyl (C=O) groups excluding carboxylic acids is 3. The number of hydrogen-bond donors (Lipinski definition) is 5. The van der Waals surface area contributed by atoms with Crippen molar-refractivity contribution >= 4 is 24.8 Å². The van der Waals surface area contributed by atoms with E-state index in [1.165, 1.54) is 38.4 Å². The van der Waals surface area contributed by atoms with Gasteiger partial charge < -0.3 is 26.2 Å². The molecule has 0 unspecified atom stereocenters. The molecule has 2 aromatic heterocycles. The van der Waals surface area contributed by atoms with Gasteiger partial charge in [-0.15, -0.1) is 0 Å². The number of alkyl halides is 9. The largest absolute Gasteiger partial charge is 0.471 e. The minimum absolute atomic E-state index is 0.00265. The lowest BCUT2D eigenvalue weighted by Gasteiger charge is -2.10. The molecule has 22 heteroatoms. The average molecular weight is 734 g/mol. The summed E-state index contributed by atoms with van der Waals surface area (Å²) >= 11 is 0. The second kappa shape index (κ2) is 16.1. The van der Waals surface area contributed by atoms with Crippen LogP contribution in [-0.2, 0) is 30.2 Å². The first kappa shape index (κ1) is 40.1. The first-order valence-electron chi connectivity index (χ1n) is 14.4. The number of nitrogens with one attached hydrogen (secondary N) is 4. The van der Waals surface area contributed by atoms with E-state index >= 15 is 0 Å². The third-order valence-corrected chi connectivity index (χ3v) is 6.54. The highest BCUT2D eigenvalue weighted by atomic mass is 19.4. The Morgan fingerprint density at radius 3 is 1.47 bits per heavy atom. The Morgan fingerprint density at radius 2 is 1.12 bits per heavy atom. The molecular weight excluding hydrogens is 706 g/mol. The van der Waals surface area contributed by atoms with Crippen molar-refractivity contribution in [3.05, 3.63) is 94.6 Å². The van der Waals surface area contributed by atoms with Gasteiger partial charge in [0.2, 0.25) is 0 Å². The van der Waals surface area contributed by atoms with Gasteiger partial charge in [0.1, 0.15) is 11.4 Å². The van der Waals surface area contributed by atoms with Crippen molar-refractivity contribution in [2.45, 2.75) is 38.4 Å². The van der Waals surface area contributed by atoms with E-state index in [0.717, 1.165) is 14.9 Å². The fourth-order valence-corrected chi connectivity index (χ4v) is 4.16. The van der Waals surface area contributed by atoms with Crippen molar-refractivity contribution in [3.8, 4) is 11.4 Å². The Bertz CT molecular complexity index is 1850. The van der Waals surface area contributed by atoms with Gasteiger partial charge in [-0.1, -0.05) is 24.3 Å². The van der Waals surface area contributed by atoms with Gasteiger partial charge in [-0.25, -0.2) is 9.36 Å². The van der Waals surface area contributed by atoms with E-state index in [2.05, 4.69) is 26.1 Å². The van der Waals surface area contributed by atoms with Crippen LogP contribution in [0.5, 0.6) is 0 Å². The zero-order valence-electron chi connectivity index (χ0n) is 26.6. The molecule has 0 aliphatic carbocycles. The van der Waals surface area contributed by atoms with Gasteiger partial charge in [-0.2, -0.15) is 49.7 Å². The summed E-state index contributed by atoms with van der Waals surface area (Å²) in [7, 11) is 1.82. The van der Waals surface area contributed by atoms with E-state index in [0.29, 0.717) is 24.4 Å². The number of aromatic nitrogens is 4. The highest BCUT2D eigenvalue weighted by Crippen LogP contribution is 2.31. The molecule has 0 atom stereocenters. The van der Waals surface area contributed by atoms with Crippen LogP contribution in [0.3, 0.4) is 0 Å². The second-order valence-corrected chi connectivity index (χ2v) is 10.4. The van der Waals surface area contributed by atoms with Crippen LogP contribution in [0.25, 0.3) is 11.4 Å². The van der Waals surface area contributed by atoms with Crippen LogP contribution in [0.4, 0.5) is 39.5 Å². The molecule has 0 bridgehead atoms. The SMILES string of the molecule is CNC(=O)c1cc(C(F)(F)F)nn1-c1cccc(CNB(C)O)c1.CNC(=O)c1cc(C(F)(F)F)nn1-c1cccc(CNC(=O)C(F)(F)F)c1. The molecule has 0 aliphatic heterocycles. The minimum atomic E-state index is -5.06. The van der Waals surface area contributed by atoms with Gasteiger partial charge >= 0.3 is 31.5 Å². The van der Waals surface area contributed by atoms with Crippen molar-refractivity contribution < 1.29 is 58.9 Å². The number of amides is 3. The quantitative estimate of drug-likeness (QED) is 0.129. The number of halogens is 9. The van der Waals surface area contributed by atoms with Gasteiger partial charge in [0.25, 0.3) is 11.8 Å². The maximum atomic E-state index is 12.9. The van der Waals surface area contributed by atoms with E-state index in [1.807, 2.05) is 0 Å². The van der Waals surface area contributed by atoms with Crippen LogP contribution in [0.1, 0.15) is 43.5 Å². The molecule has 0 fully saturated rings. The fraction of sp³-hybridized carbons (Fsp3) is 0.276. The number of nitrogens with zero attached hydrogens (tertiary/aromatic N) is 4. The van der Waals surface area contributed by atoms with E-state index in [9.17, 15) is 58.9 Å². The van der Waals surface area contributed by atoms with Crippen LogP contribution in [0.2, 0.25) is 6.82 Å². The van der Waals surface area contributed by atoms with Gasteiger partial charge in [0.05, 0.1) is 11.4 Å². The Kier molecular flexibility index (Phi) is 12.6. The van der Waals surface area contributed by atoms with Crippen molar-refractivity contribution in [2.24, 2.45) is 0 Å². The molecule has 0 radical (unpaired) electrons. The summed E-state index contributed by atoms with van der Waals surface area (Å²) in [6, 6.07) is 13.0. The van der Waals surface area contributed by atoms with Crippen molar-refractivity contribution in [1.29, 1.82) is 0 Å². The Labute approximate surface area is 283 Å². The molecule has 4 rings (SSSR count). The zero-order chi connectivity index (χ0) is 38.3. The Hall–Kier alpha value is -5.38. The van der Waals surface area contributed by atoms with E-state index < -0.39 is 66.9 Å². The van der Waals surface area contributed by atoms with Gasteiger partial charge in [-0.05, 0) is 42.2 Å². The smallest absolute Gasteiger partial charge is 0.437 e. The third-order valence-electron chi connectivity index (χ3n) is 6.54. The van der Waals surface area contributed by atoms with Gasteiger partial charge in [0.15, 0.2) is 11.4 Å². The normalized spacial score (nSPS) is 11.7. The molecule has 0 saturated carbocycles. The standard InChI is InChI=1S/C15H12F6N4O2.C14H16BF3N4O2/c1-22-12(26)10-6-11(14(16,17)18)24-25(10)9-4-2-3-8(5-9)7-23-13(27)15(19,20)21;1-15(24)20-8-9-4-3-5-10(6-9)22-11(13(23)19-2)7-12(21-22)14(16,17)18/h2-6H,7H2,1H3,(H,22,26)(H,23,27);3-7,20,24H,8H2,1-2H3,(H,19,23). The van der Waals surface area contributed by atoms with Crippen LogP contribution in [-0.4, -0.2) is 69.6 Å². The first-order chi connectivity index (χ1) is 23.6. The summed E-state index contributed by atoms with van der Waals surface area (Å²) in [5.41, 5.74) is -1.88. The number of benzene rings is 2. The third kappa shape index (κ3) is 10.8. The molecule has 0 spiro atoms. The second-order valence-electron chi connectivity index (χ2n) is 10.4. The van der Waals surface area contributed by atoms with E-state index in [-0.39, 0.29) is 16.9 Å². The maximum absolute atomic E-state index is 12.9. The molecule has 0 aliphatic rings. The molecule has 3 amide bonds. The predicted octanol–water partition coefficient (Wildman–Crippen LogP) is 3.88. The summed E-state index contributed by atoms with van der Waals surface area (Å²) in [5, 5.41) is 25.0. The van der Waals surface area contributed by atoms with Crippen LogP contribution in [0.15, 0.2) is 60.7 Å². The average Bonchev–Trinajstić information content (AvgIpc) is 3.72. The number of rotatable bonds is 9. The zero-order valence-corrected chi connectivity index (χ0v) is 26.6. The van der Waals surface area contributed by atoms with Crippen LogP contribution in [0, 0.1) is 0 Å². The summed E-state index contributed by atoms with van der Waals surface area (Å²) < 4.78 is 116. The number of carbonyl (C=O) groups is 3. The van der Waals surface area contributed by atoms with E-state index in [4.69, 9.17) is 0 Å². The van der Waals surface area contributed by atoms with Crippen molar-refractivity contribution in [2.75, 3.05) is 14.1 Å². The van der Waals surface area contributed by atoms with Crippen LogP contribution < -0.4 is 21.2 Å². The summed E-state index contributed by atoms with van der Waals surface area (Å²) in [4.78, 5) is 34.6. The molecule has 12 nitrogen and oxygen atoms in total. The van der Waals surface area contributed by atoms with Crippen LogP contribution >= 0.6 is 0 Å². The molecule has 51 heavy (non-hydrogen) atoms. The highest BCUT2D eigenvalue weighted by molar-refractivity contribution is 6.45. The molecule has 0 saturated heterocycles. The Balaban J connectivity index is 0.000000277. The summed E-state index contributed by atoms with van der Waals surface area (Å²) in [6.45, 7) is 1.35. The summed E-state index contributed by atoms with van der Waals surface area (Å²) in [5.74, 6) is -3.67. The molecule has 274 valence electrons.